The molecule has 5 heteroatoms. The predicted molar refractivity (Wildman–Crippen MR) is 79.4 cm³/mol. The van der Waals surface area contributed by atoms with Crippen molar-refractivity contribution in [1.29, 1.82) is 0 Å². The fraction of sp³-hybridized carbons (Fsp3) is 0.600. The maximum Gasteiger partial charge on any atom is 0.257 e. The van der Waals surface area contributed by atoms with Crippen LogP contribution in [-0.4, -0.2) is 35.4 Å². The van der Waals surface area contributed by atoms with Crippen molar-refractivity contribution in [2.75, 3.05) is 18.9 Å². The van der Waals surface area contributed by atoms with Gasteiger partial charge in [0.1, 0.15) is 11.6 Å². The lowest BCUT2D eigenvalue weighted by molar-refractivity contribution is 0.0629. The van der Waals surface area contributed by atoms with Gasteiger partial charge in [-0.25, -0.2) is 9.37 Å². The first-order valence-corrected chi connectivity index (χ1v) is 6.85. The van der Waals surface area contributed by atoms with E-state index in [-0.39, 0.29) is 22.9 Å². The summed E-state index contributed by atoms with van der Waals surface area (Å²) < 4.78 is 13.4. The molecule has 1 N–H and O–H groups in total. The van der Waals surface area contributed by atoms with Crippen molar-refractivity contribution in [2.45, 2.75) is 40.7 Å². The topological polar surface area (TPSA) is 45.2 Å². The Bertz CT molecular complexity index is 482. The normalized spacial score (nSPS) is 12.9. The van der Waals surface area contributed by atoms with Crippen molar-refractivity contribution in [3.63, 3.8) is 0 Å². The summed E-state index contributed by atoms with van der Waals surface area (Å²) >= 11 is 0. The van der Waals surface area contributed by atoms with Gasteiger partial charge < -0.3 is 10.2 Å². The van der Waals surface area contributed by atoms with Gasteiger partial charge in [-0.1, -0.05) is 20.8 Å². The highest BCUT2D eigenvalue weighted by Crippen LogP contribution is 2.25. The van der Waals surface area contributed by atoms with Gasteiger partial charge in [0.2, 0.25) is 0 Å². The number of amides is 1. The Kier molecular flexibility index (Phi) is 5.09. The Hall–Kier alpha value is -1.65. The SMILES string of the molecule is CCNc1ncc(F)cc1C(=O)N(C)C(C)C(C)(C)C. The molecule has 1 amide bonds. The molecular formula is C15H24FN3O. The van der Waals surface area contributed by atoms with Crippen LogP contribution in [0.5, 0.6) is 0 Å². The molecule has 1 atom stereocenters. The molecule has 0 spiro atoms. The van der Waals surface area contributed by atoms with E-state index in [0.717, 1.165) is 6.20 Å². The zero-order chi connectivity index (χ0) is 15.5. The minimum atomic E-state index is -0.508. The summed E-state index contributed by atoms with van der Waals surface area (Å²) in [5, 5.41) is 2.99. The Balaban J connectivity index is 3.10. The van der Waals surface area contributed by atoms with Crippen LogP contribution in [0.15, 0.2) is 12.3 Å². The first-order chi connectivity index (χ1) is 9.18. The Morgan fingerprint density at radius 2 is 2.10 bits per heavy atom. The van der Waals surface area contributed by atoms with Gasteiger partial charge in [0.15, 0.2) is 0 Å². The molecule has 0 aliphatic rings. The highest BCUT2D eigenvalue weighted by Gasteiger charge is 2.29. The molecule has 0 radical (unpaired) electrons. The van der Waals surface area contributed by atoms with E-state index >= 15 is 0 Å². The van der Waals surface area contributed by atoms with Crippen LogP contribution in [0.25, 0.3) is 0 Å². The lowest BCUT2D eigenvalue weighted by Crippen LogP contribution is -2.43. The third-order valence-corrected chi connectivity index (χ3v) is 3.58. The molecule has 0 fully saturated rings. The third-order valence-electron chi connectivity index (χ3n) is 3.58. The molecule has 1 unspecified atom stereocenters. The van der Waals surface area contributed by atoms with Gasteiger partial charge >= 0.3 is 0 Å². The molecule has 112 valence electrons. The fourth-order valence-electron chi connectivity index (χ4n) is 1.86. The number of carbonyl (C=O) groups is 1. The quantitative estimate of drug-likeness (QED) is 0.922. The zero-order valence-corrected chi connectivity index (χ0v) is 13.1. The lowest BCUT2D eigenvalue weighted by atomic mass is 9.87. The number of hydrogen-bond acceptors (Lipinski definition) is 3. The minimum Gasteiger partial charge on any atom is -0.370 e. The summed E-state index contributed by atoms with van der Waals surface area (Å²) in [7, 11) is 1.74. The van der Waals surface area contributed by atoms with Crippen LogP contribution >= 0.6 is 0 Å². The smallest absolute Gasteiger partial charge is 0.257 e. The molecule has 0 saturated carbocycles. The number of nitrogens with one attached hydrogen (secondary N) is 1. The molecule has 20 heavy (non-hydrogen) atoms. The van der Waals surface area contributed by atoms with Crippen LogP contribution < -0.4 is 5.32 Å². The fourth-order valence-corrected chi connectivity index (χ4v) is 1.86. The number of nitrogens with zero attached hydrogens (tertiary/aromatic N) is 2. The van der Waals surface area contributed by atoms with Gasteiger partial charge in [-0.05, 0) is 25.3 Å². The summed E-state index contributed by atoms with van der Waals surface area (Å²) in [6, 6.07) is 1.26. The lowest BCUT2D eigenvalue weighted by Gasteiger charge is -2.35. The number of carbonyl (C=O) groups excluding carboxylic acids is 1. The van der Waals surface area contributed by atoms with Crippen molar-refractivity contribution in [3.05, 3.63) is 23.6 Å². The van der Waals surface area contributed by atoms with Crippen LogP contribution in [0.2, 0.25) is 0 Å². The second-order valence-corrected chi connectivity index (χ2v) is 6.04. The van der Waals surface area contributed by atoms with E-state index in [4.69, 9.17) is 0 Å². The number of aromatic nitrogens is 1. The average molecular weight is 281 g/mol. The van der Waals surface area contributed by atoms with Gasteiger partial charge in [-0.2, -0.15) is 0 Å². The van der Waals surface area contributed by atoms with Gasteiger partial charge in [0, 0.05) is 19.6 Å². The monoisotopic (exact) mass is 281 g/mol. The highest BCUT2D eigenvalue weighted by atomic mass is 19.1. The van der Waals surface area contributed by atoms with Gasteiger partial charge in [0.25, 0.3) is 5.91 Å². The molecule has 1 aromatic heterocycles. The standard InChI is InChI=1S/C15H24FN3O/c1-7-17-13-12(8-11(16)9-18-13)14(20)19(6)10(2)15(3,4)5/h8-10H,7H2,1-6H3,(H,17,18). The molecule has 0 aromatic carbocycles. The molecular weight excluding hydrogens is 257 g/mol. The number of pyridine rings is 1. The molecule has 1 rings (SSSR count). The van der Waals surface area contributed by atoms with Crippen LogP contribution in [0, 0.1) is 11.2 Å². The number of hydrogen-bond donors (Lipinski definition) is 1. The Labute approximate surface area is 120 Å². The molecule has 4 nitrogen and oxygen atoms in total. The number of rotatable bonds is 4. The summed E-state index contributed by atoms with van der Waals surface area (Å²) in [4.78, 5) is 18.2. The Morgan fingerprint density at radius 3 is 2.60 bits per heavy atom. The van der Waals surface area contributed by atoms with Crippen LogP contribution in [0.4, 0.5) is 10.2 Å². The summed E-state index contributed by atoms with van der Waals surface area (Å²) in [6.45, 7) is 10.7. The molecule has 1 heterocycles. The molecule has 0 aliphatic heterocycles. The maximum absolute atomic E-state index is 13.4. The molecule has 0 bridgehead atoms. The average Bonchev–Trinajstić information content (AvgIpc) is 2.37. The van der Waals surface area contributed by atoms with Crippen molar-refractivity contribution < 1.29 is 9.18 Å². The largest absolute Gasteiger partial charge is 0.370 e. The van der Waals surface area contributed by atoms with E-state index in [1.807, 2.05) is 13.8 Å². The maximum atomic E-state index is 13.4. The van der Waals surface area contributed by atoms with Crippen molar-refractivity contribution >= 4 is 11.7 Å². The van der Waals surface area contributed by atoms with E-state index in [1.54, 1.807) is 11.9 Å². The van der Waals surface area contributed by atoms with Crippen LogP contribution in [-0.2, 0) is 0 Å². The number of halogens is 1. The Morgan fingerprint density at radius 1 is 1.50 bits per heavy atom. The summed E-state index contributed by atoms with van der Waals surface area (Å²) in [5.74, 6) is -0.311. The van der Waals surface area contributed by atoms with E-state index < -0.39 is 5.82 Å². The predicted octanol–water partition coefficient (Wildman–Crippen LogP) is 3.16. The summed E-state index contributed by atoms with van der Waals surface area (Å²) in [6.07, 6.45) is 1.11. The van der Waals surface area contributed by atoms with E-state index in [0.29, 0.717) is 12.4 Å². The first-order valence-electron chi connectivity index (χ1n) is 6.85. The molecule has 0 saturated heterocycles. The molecule has 0 aliphatic carbocycles. The van der Waals surface area contributed by atoms with Crippen molar-refractivity contribution in [2.24, 2.45) is 5.41 Å². The van der Waals surface area contributed by atoms with E-state index in [2.05, 4.69) is 31.1 Å². The van der Waals surface area contributed by atoms with Gasteiger partial charge in [0.05, 0.1) is 11.8 Å². The van der Waals surface area contributed by atoms with E-state index in [1.165, 1.54) is 6.07 Å². The minimum absolute atomic E-state index is 0.0211. The van der Waals surface area contributed by atoms with Crippen molar-refractivity contribution in [1.82, 2.24) is 9.88 Å². The second kappa shape index (κ2) is 6.20. The van der Waals surface area contributed by atoms with E-state index in [9.17, 15) is 9.18 Å². The molecule has 1 aromatic rings. The zero-order valence-electron chi connectivity index (χ0n) is 13.1. The van der Waals surface area contributed by atoms with Crippen molar-refractivity contribution in [3.8, 4) is 0 Å². The van der Waals surface area contributed by atoms with Crippen LogP contribution in [0.1, 0.15) is 45.0 Å². The number of anilines is 1. The first kappa shape index (κ1) is 16.4. The highest BCUT2D eigenvalue weighted by molar-refractivity contribution is 5.98. The second-order valence-electron chi connectivity index (χ2n) is 6.04. The van der Waals surface area contributed by atoms with Gasteiger partial charge in [-0.3, -0.25) is 4.79 Å². The third kappa shape index (κ3) is 3.68. The van der Waals surface area contributed by atoms with Crippen LogP contribution in [0.3, 0.4) is 0 Å². The van der Waals surface area contributed by atoms with Gasteiger partial charge in [-0.15, -0.1) is 0 Å². The summed E-state index contributed by atoms with van der Waals surface area (Å²) in [5.41, 5.74) is 0.217.